The van der Waals surface area contributed by atoms with E-state index in [2.05, 4.69) is 26.3 Å². The molecule has 10 nitrogen and oxygen atoms in total. The molecule has 4 aromatic rings. The lowest BCUT2D eigenvalue weighted by Gasteiger charge is -2.48. The van der Waals surface area contributed by atoms with Crippen LogP contribution < -0.4 is 0 Å². The zero-order valence-corrected chi connectivity index (χ0v) is 23.6. The molecule has 6 unspecified atom stereocenters. The summed E-state index contributed by atoms with van der Waals surface area (Å²) in [5, 5.41) is 18.5. The van der Waals surface area contributed by atoms with Crippen molar-refractivity contribution in [1.29, 1.82) is 5.26 Å². The Bertz CT molecular complexity index is 1590. The van der Waals surface area contributed by atoms with E-state index >= 15 is 0 Å². The first-order valence-corrected chi connectivity index (χ1v) is 14.1. The highest BCUT2D eigenvalue weighted by atomic mass is 35.5. The van der Waals surface area contributed by atoms with Crippen molar-refractivity contribution in [3.63, 3.8) is 0 Å². The topological polar surface area (TPSA) is 117 Å². The molecule has 1 aromatic carbocycles. The lowest BCUT2D eigenvalue weighted by molar-refractivity contribution is -0.308. The molecule has 41 heavy (non-hydrogen) atoms. The molecule has 0 radical (unpaired) electrons. The number of hydrogen-bond donors (Lipinski definition) is 0. The Morgan fingerprint density at radius 1 is 1.15 bits per heavy atom. The number of rotatable bonds is 6. The van der Waals surface area contributed by atoms with Crippen molar-refractivity contribution < 1.29 is 23.3 Å². The van der Waals surface area contributed by atoms with Gasteiger partial charge in [0.25, 0.3) is 0 Å². The minimum atomic E-state index is -0.807. The summed E-state index contributed by atoms with van der Waals surface area (Å²) in [6.07, 6.45) is 0.659. The Morgan fingerprint density at radius 2 is 1.98 bits per heavy atom. The van der Waals surface area contributed by atoms with E-state index in [1.165, 1.54) is 24.0 Å². The van der Waals surface area contributed by atoms with Gasteiger partial charge in [0.05, 0.1) is 28.5 Å². The zero-order valence-electron chi connectivity index (χ0n) is 21.3. The van der Waals surface area contributed by atoms with Crippen molar-refractivity contribution in [2.24, 2.45) is 0 Å². The number of ether oxygens (including phenoxy) is 4. The van der Waals surface area contributed by atoms with Gasteiger partial charge in [0, 0.05) is 23.8 Å². The van der Waals surface area contributed by atoms with Crippen molar-refractivity contribution in [3.05, 3.63) is 88.2 Å². The number of nitriles is 1. The van der Waals surface area contributed by atoms with Gasteiger partial charge in [0.1, 0.15) is 41.6 Å². The number of methoxy groups -OCH3 is 1. The van der Waals surface area contributed by atoms with E-state index in [0.29, 0.717) is 15.6 Å². The van der Waals surface area contributed by atoms with E-state index in [0.717, 1.165) is 5.56 Å². The van der Waals surface area contributed by atoms with Gasteiger partial charge in [0.15, 0.2) is 12.0 Å². The fourth-order valence-electron chi connectivity index (χ4n) is 4.81. The van der Waals surface area contributed by atoms with Gasteiger partial charge in [-0.25, -0.2) is 14.6 Å². The second-order valence-electron chi connectivity index (χ2n) is 9.19. The third-order valence-corrected chi connectivity index (χ3v) is 8.37. The van der Waals surface area contributed by atoms with E-state index < -0.39 is 42.0 Å². The molecule has 0 N–H and O–H groups in total. The van der Waals surface area contributed by atoms with Crippen LogP contribution in [0.1, 0.15) is 23.6 Å². The van der Waals surface area contributed by atoms with Crippen LogP contribution in [-0.4, -0.2) is 62.4 Å². The summed E-state index contributed by atoms with van der Waals surface area (Å²) < 4.78 is 40.7. The summed E-state index contributed by atoms with van der Waals surface area (Å²) in [6, 6.07) is 15.7. The van der Waals surface area contributed by atoms with Crippen LogP contribution in [0.4, 0.5) is 4.39 Å². The van der Waals surface area contributed by atoms with Gasteiger partial charge in [0.2, 0.25) is 5.95 Å². The Balaban J connectivity index is 1.38. The molecule has 5 heterocycles. The first kappa shape index (κ1) is 28.0. The summed E-state index contributed by atoms with van der Waals surface area (Å²) in [4.78, 5) is 8.56. The molecule has 6 atom stereocenters. The summed E-state index contributed by atoms with van der Waals surface area (Å²) in [7, 11) is 1.55. The Hall–Kier alpha value is -3.15. The van der Waals surface area contributed by atoms with E-state index in [1.807, 2.05) is 30.3 Å². The van der Waals surface area contributed by atoms with Crippen LogP contribution in [0.2, 0.25) is 10.0 Å². The summed E-state index contributed by atoms with van der Waals surface area (Å²) >= 11 is 13.3. The maximum absolute atomic E-state index is 14.1. The number of hydrogen-bond acceptors (Lipinski definition) is 10. The average Bonchev–Trinajstić information content (AvgIpc) is 3.48. The second-order valence-corrected chi connectivity index (χ2v) is 11.2. The quantitative estimate of drug-likeness (QED) is 0.267. The molecule has 210 valence electrons. The van der Waals surface area contributed by atoms with Gasteiger partial charge in [-0.15, -0.1) is 5.10 Å². The predicted octanol–water partition coefficient (Wildman–Crippen LogP) is 5.24. The highest BCUT2D eigenvalue weighted by Gasteiger charge is 2.52. The molecule has 2 fully saturated rings. The highest BCUT2D eigenvalue weighted by molar-refractivity contribution is 7.99. The standard InChI is InChI=1S/C27H21Cl2FN6O4S/c1-37-24-22(36-12-19(34-35-36)17-8-7-16(29)25(30)33-17)23-20(13-38-26(40-23)14-5-3-2-4-6-14)39-27(24)41-21-9-15(28)11-32-18(21)10-31/h2-9,11-12,20,22-24,26-27H,13H2,1H3. The van der Waals surface area contributed by atoms with Gasteiger partial charge in [-0.05, 0) is 18.2 Å². The van der Waals surface area contributed by atoms with Crippen molar-refractivity contribution >= 4 is 35.0 Å². The molecule has 0 saturated carbocycles. The molecule has 6 rings (SSSR count). The Kier molecular flexibility index (Phi) is 8.19. The number of halogens is 3. The van der Waals surface area contributed by atoms with Crippen molar-refractivity contribution in [1.82, 2.24) is 25.0 Å². The first-order chi connectivity index (χ1) is 19.9. The highest BCUT2D eigenvalue weighted by Crippen LogP contribution is 2.45. The molecule has 14 heteroatoms. The fraction of sp³-hybridized carbons (Fsp3) is 0.296. The van der Waals surface area contributed by atoms with E-state index in [4.69, 9.17) is 42.1 Å². The fourth-order valence-corrected chi connectivity index (χ4v) is 6.40. The third kappa shape index (κ3) is 5.67. The zero-order chi connectivity index (χ0) is 28.5. The normalized spacial score (nSPS) is 25.8. The van der Waals surface area contributed by atoms with E-state index in [-0.39, 0.29) is 23.0 Å². The molecular weight excluding hydrogens is 594 g/mol. The average molecular weight is 615 g/mol. The van der Waals surface area contributed by atoms with Crippen molar-refractivity contribution in [3.8, 4) is 17.5 Å². The lowest BCUT2D eigenvalue weighted by atomic mass is 9.95. The van der Waals surface area contributed by atoms with Gasteiger partial charge in [-0.2, -0.15) is 9.65 Å². The van der Waals surface area contributed by atoms with Gasteiger partial charge in [-0.1, -0.05) is 70.5 Å². The van der Waals surface area contributed by atoms with E-state index in [9.17, 15) is 9.65 Å². The molecule has 2 saturated heterocycles. The minimum absolute atomic E-state index is 0.0949. The van der Waals surface area contributed by atoms with Crippen LogP contribution in [0.5, 0.6) is 0 Å². The molecule has 0 amide bonds. The number of aromatic nitrogens is 5. The summed E-state index contributed by atoms with van der Waals surface area (Å²) in [6.45, 7) is 0.221. The number of fused-ring (bicyclic) bond motifs is 1. The third-order valence-electron chi connectivity index (χ3n) is 6.70. The van der Waals surface area contributed by atoms with Crippen LogP contribution in [0, 0.1) is 17.3 Å². The second kappa shape index (κ2) is 12.0. The van der Waals surface area contributed by atoms with Crippen molar-refractivity contribution in [2.45, 2.75) is 41.0 Å². The Morgan fingerprint density at radius 3 is 2.73 bits per heavy atom. The van der Waals surface area contributed by atoms with Gasteiger partial charge >= 0.3 is 0 Å². The largest absolute Gasteiger partial charge is 0.375 e. The van der Waals surface area contributed by atoms with Crippen LogP contribution in [0.25, 0.3) is 11.4 Å². The van der Waals surface area contributed by atoms with Crippen LogP contribution in [0.3, 0.4) is 0 Å². The first-order valence-electron chi connectivity index (χ1n) is 12.4. The van der Waals surface area contributed by atoms with E-state index in [1.54, 1.807) is 30.1 Å². The summed E-state index contributed by atoms with van der Waals surface area (Å²) in [5.74, 6) is -0.807. The number of pyridine rings is 2. The molecule has 3 aromatic heterocycles. The summed E-state index contributed by atoms with van der Waals surface area (Å²) in [5.41, 5.74) is 1.01. The lowest BCUT2D eigenvalue weighted by Crippen LogP contribution is -2.59. The number of nitrogens with zero attached hydrogens (tertiary/aromatic N) is 6. The monoisotopic (exact) mass is 614 g/mol. The maximum atomic E-state index is 14.1. The smallest absolute Gasteiger partial charge is 0.232 e. The van der Waals surface area contributed by atoms with Gasteiger partial charge in [-0.3, -0.25) is 0 Å². The minimum Gasteiger partial charge on any atom is -0.375 e. The SMILES string of the molecule is COC1C(Sc2cc(Cl)cnc2C#N)OC2COC(c3ccccc3)OC2C1n1cc(-c2ccc(Cl)c(F)n2)nn1. The molecule has 0 spiro atoms. The molecule has 0 bridgehead atoms. The molecule has 2 aliphatic heterocycles. The van der Waals surface area contributed by atoms with Crippen molar-refractivity contribution in [2.75, 3.05) is 13.7 Å². The van der Waals surface area contributed by atoms with Crippen LogP contribution >= 0.6 is 35.0 Å². The number of thioether (sulfide) groups is 1. The molecule has 2 aliphatic rings. The van der Waals surface area contributed by atoms with Crippen LogP contribution in [-0.2, 0) is 18.9 Å². The van der Waals surface area contributed by atoms with Crippen LogP contribution in [0.15, 0.2) is 65.8 Å². The molecular formula is C27H21Cl2FN6O4S. The number of benzene rings is 1. The molecule has 0 aliphatic carbocycles. The maximum Gasteiger partial charge on any atom is 0.232 e. The Labute approximate surface area is 248 Å². The van der Waals surface area contributed by atoms with Gasteiger partial charge < -0.3 is 18.9 Å². The predicted molar refractivity (Wildman–Crippen MR) is 147 cm³/mol.